The topological polar surface area (TPSA) is 57.4 Å². The monoisotopic (exact) mass is 210 g/mol. The third-order valence-electron chi connectivity index (χ3n) is 2.20. The molecule has 15 heavy (non-hydrogen) atoms. The number of anilines is 1. The number of nitrogen functional groups attached to an aromatic ring is 1. The van der Waals surface area contributed by atoms with Crippen molar-refractivity contribution in [3.8, 4) is 11.6 Å². The van der Waals surface area contributed by atoms with Crippen molar-refractivity contribution in [2.45, 2.75) is 27.7 Å². The number of hydrogen-bond donors (Lipinski definition) is 1. The number of pyridine rings is 1. The molecule has 1 aromatic heterocycles. The van der Waals surface area contributed by atoms with Gasteiger partial charge in [-0.15, -0.1) is 0 Å². The van der Waals surface area contributed by atoms with E-state index in [-0.39, 0.29) is 0 Å². The minimum Gasteiger partial charge on any atom is -0.491 e. The highest BCUT2D eigenvalue weighted by molar-refractivity contribution is 5.63. The van der Waals surface area contributed by atoms with Crippen LogP contribution in [0.25, 0.3) is 0 Å². The molecule has 0 spiro atoms. The zero-order valence-electron chi connectivity index (χ0n) is 9.76. The minimum atomic E-state index is 0.462. The molecule has 4 nitrogen and oxygen atoms in total. The standard InChI is InChI=1S/C11H18N2O2/c1-5-14-10-7(3)8(4)13-11(9(10)12)15-6-2/h5-6,12H2,1-4H3. The van der Waals surface area contributed by atoms with Crippen LogP contribution in [0.5, 0.6) is 11.6 Å². The molecular formula is C11H18N2O2. The van der Waals surface area contributed by atoms with Crippen LogP contribution in [0.1, 0.15) is 25.1 Å². The molecule has 0 aliphatic heterocycles. The van der Waals surface area contributed by atoms with Crippen LogP contribution in [-0.4, -0.2) is 18.2 Å². The number of ether oxygens (including phenoxy) is 2. The second-order valence-electron chi connectivity index (χ2n) is 3.24. The van der Waals surface area contributed by atoms with E-state index in [1.807, 2.05) is 27.7 Å². The van der Waals surface area contributed by atoms with E-state index in [1.165, 1.54) is 0 Å². The zero-order valence-corrected chi connectivity index (χ0v) is 9.76. The second kappa shape index (κ2) is 4.87. The SMILES string of the molecule is CCOc1nc(C)c(C)c(OCC)c1N. The summed E-state index contributed by atoms with van der Waals surface area (Å²) in [5, 5.41) is 0. The van der Waals surface area contributed by atoms with Crippen LogP contribution >= 0.6 is 0 Å². The smallest absolute Gasteiger partial charge is 0.241 e. The molecule has 0 bridgehead atoms. The Morgan fingerprint density at radius 1 is 1.13 bits per heavy atom. The maximum Gasteiger partial charge on any atom is 0.241 e. The highest BCUT2D eigenvalue weighted by Gasteiger charge is 2.14. The molecule has 4 heteroatoms. The summed E-state index contributed by atoms with van der Waals surface area (Å²) in [6.07, 6.45) is 0. The van der Waals surface area contributed by atoms with Crippen LogP contribution in [0.3, 0.4) is 0 Å². The lowest BCUT2D eigenvalue weighted by molar-refractivity contribution is 0.315. The first kappa shape index (κ1) is 11.6. The Hall–Kier alpha value is -1.45. The molecular weight excluding hydrogens is 192 g/mol. The molecule has 0 saturated carbocycles. The van der Waals surface area contributed by atoms with Gasteiger partial charge in [-0.2, -0.15) is 0 Å². The molecule has 0 amide bonds. The Kier molecular flexibility index (Phi) is 3.77. The molecule has 2 N–H and O–H groups in total. The van der Waals surface area contributed by atoms with Gasteiger partial charge < -0.3 is 15.2 Å². The number of hydrogen-bond acceptors (Lipinski definition) is 4. The molecule has 0 aliphatic carbocycles. The summed E-state index contributed by atoms with van der Waals surface area (Å²) in [5.41, 5.74) is 8.26. The van der Waals surface area contributed by atoms with Gasteiger partial charge in [0.2, 0.25) is 5.88 Å². The number of nitrogens with two attached hydrogens (primary N) is 1. The Morgan fingerprint density at radius 3 is 2.27 bits per heavy atom. The molecule has 84 valence electrons. The van der Waals surface area contributed by atoms with E-state index >= 15 is 0 Å². The van der Waals surface area contributed by atoms with Gasteiger partial charge in [-0.1, -0.05) is 0 Å². The predicted molar refractivity (Wildman–Crippen MR) is 60.5 cm³/mol. The lowest BCUT2D eigenvalue weighted by atomic mass is 10.2. The second-order valence-corrected chi connectivity index (χ2v) is 3.24. The first-order chi connectivity index (χ1) is 7.11. The van der Waals surface area contributed by atoms with Gasteiger partial charge in [-0.05, 0) is 27.7 Å². The summed E-state index contributed by atoms with van der Waals surface area (Å²) in [5.74, 6) is 1.15. The molecule has 0 atom stereocenters. The Labute approximate surface area is 90.4 Å². The molecule has 1 rings (SSSR count). The fraction of sp³-hybridized carbons (Fsp3) is 0.545. The number of aryl methyl sites for hydroxylation is 1. The van der Waals surface area contributed by atoms with Gasteiger partial charge in [0.15, 0.2) is 5.75 Å². The fourth-order valence-corrected chi connectivity index (χ4v) is 1.34. The molecule has 0 fully saturated rings. The van der Waals surface area contributed by atoms with Crippen molar-refractivity contribution < 1.29 is 9.47 Å². The lowest BCUT2D eigenvalue weighted by Gasteiger charge is -2.15. The molecule has 0 radical (unpaired) electrons. The average Bonchev–Trinajstić information content (AvgIpc) is 2.21. The third kappa shape index (κ3) is 2.32. The molecule has 0 aromatic carbocycles. The van der Waals surface area contributed by atoms with Gasteiger partial charge in [0.1, 0.15) is 5.69 Å². The summed E-state index contributed by atoms with van der Waals surface area (Å²) >= 11 is 0. The quantitative estimate of drug-likeness (QED) is 0.826. The van der Waals surface area contributed by atoms with E-state index < -0.39 is 0 Å². The number of rotatable bonds is 4. The molecule has 0 saturated heterocycles. The van der Waals surface area contributed by atoms with Gasteiger partial charge in [0.05, 0.1) is 13.2 Å². The van der Waals surface area contributed by atoms with Gasteiger partial charge in [0.25, 0.3) is 0 Å². The minimum absolute atomic E-state index is 0.462. The van der Waals surface area contributed by atoms with Crippen molar-refractivity contribution in [1.29, 1.82) is 0 Å². The highest BCUT2D eigenvalue weighted by Crippen LogP contribution is 2.34. The van der Waals surface area contributed by atoms with Gasteiger partial charge in [-0.3, -0.25) is 0 Å². The van der Waals surface area contributed by atoms with Crippen molar-refractivity contribution >= 4 is 5.69 Å². The van der Waals surface area contributed by atoms with Gasteiger partial charge in [0, 0.05) is 11.3 Å². The maximum absolute atomic E-state index is 5.91. The van der Waals surface area contributed by atoms with E-state index in [2.05, 4.69) is 4.98 Å². The van der Waals surface area contributed by atoms with Crippen molar-refractivity contribution in [3.05, 3.63) is 11.3 Å². The van der Waals surface area contributed by atoms with E-state index in [0.29, 0.717) is 30.5 Å². The van der Waals surface area contributed by atoms with Crippen molar-refractivity contribution in [2.75, 3.05) is 18.9 Å². The first-order valence-electron chi connectivity index (χ1n) is 5.14. The fourth-order valence-electron chi connectivity index (χ4n) is 1.34. The zero-order chi connectivity index (χ0) is 11.4. The number of aromatic nitrogens is 1. The van der Waals surface area contributed by atoms with Crippen LogP contribution in [-0.2, 0) is 0 Å². The third-order valence-corrected chi connectivity index (χ3v) is 2.20. The lowest BCUT2D eigenvalue weighted by Crippen LogP contribution is -2.06. The van der Waals surface area contributed by atoms with Crippen molar-refractivity contribution in [3.63, 3.8) is 0 Å². The Balaban J connectivity index is 3.22. The van der Waals surface area contributed by atoms with Gasteiger partial charge in [-0.25, -0.2) is 4.98 Å². The van der Waals surface area contributed by atoms with Crippen LogP contribution in [0.4, 0.5) is 5.69 Å². The predicted octanol–water partition coefficient (Wildman–Crippen LogP) is 2.08. The summed E-state index contributed by atoms with van der Waals surface area (Å²) in [7, 11) is 0. The molecule has 0 aliphatic rings. The Morgan fingerprint density at radius 2 is 1.73 bits per heavy atom. The van der Waals surface area contributed by atoms with Crippen LogP contribution < -0.4 is 15.2 Å². The normalized spacial score (nSPS) is 10.1. The summed E-state index contributed by atoms with van der Waals surface area (Å²) in [4.78, 5) is 4.28. The Bertz CT molecular complexity index is 351. The molecule has 1 aromatic rings. The average molecular weight is 210 g/mol. The van der Waals surface area contributed by atoms with Crippen LogP contribution in [0, 0.1) is 13.8 Å². The summed E-state index contributed by atoms with van der Waals surface area (Å²) < 4.78 is 10.8. The number of nitrogens with zero attached hydrogens (tertiary/aromatic N) is 1. The van der Waals surface area contributed by atoms with E-state index in [0.717, 1.165) is 11.3 Å². The molecule has 0 unspecified atom stereocenters. The van der Waals surface area contributed by atoms with E-state index in [1.54, 1.807) is 0 Å². The highest BCUT2D eigenvalue weighted by atomic mass is 16.5. The van der Waals surface area contributed by atoms with Crippen molar-refractivity contribution in [1.82, 2.24) is 4.98 Å². The van der Waals surface area contributed by atoms with Gasteiger partial charge >= 0.3 is 0 Å². The largest absolute Gasteiger partial charge is 0.491 e. The summed E-state index contributed by atoms with van der Waals surface area (Å²) in [6, 6.07) is 0. The van der Waals surface area contributed by atoms with E-state index in [9.17, 15) is 0 Å². The molecule has 1 heterocycles. The van der Waals surface area contributed by atoms with E-state index in [4.69, 9.17) is 15.2 Å². The van der Waals surface area contributed by atoms with Crippen LogP contribution in [0.15, 0.2) is 0 Å². The maximum atomic E-state index is 5.91. The first-order valence-corrected chi connectivity index (χ1v) is 5.14. The summed E-state index contributed by atoms with van der Waals surface area (Å²) in [6.45, 7) is 8.82. The van der Waals surface area contributed by atoms with Crippen LogP contribution in [0.2, 0.25) is 0 Å². The van der Waals surface area contributed by atoms with Crippen molar-refractivity contribution in [2.24, 2.45) is 0 Å².